The zero-order valence-electron chi connectivity index (χ0n) is 16.6. The zero-order chi connectivity index (χ0) is 20.3. The van der Waals surface area contributed by atoms with Gasteiger partial charge in [-0.15, -0.1) is 0 Å². The van der Waals surface area contributed by atoms with E-state index in [1.165, 1.54) is 4.31 Å². The van der Waals surface area contributed by atoms with Crippen LogP contribution in [-0.2, 0) is 10.0 Å². The van der Waals surface area contributed by atoms with Gasteiger partial charge in [0.2, 0.25) is 10.0 Å². The highest BCUT2D eigenvalue weighted by Gasteiger charge is 2.25. The molecule has 1 aromatic heterocycles. The van der Waals surface area contributed by atoms with Crippen molar-refractivity contribution in [1.29, 1.82) is 0 Å². The van der Waals surface area contributed by atoms with Gasteiger partial charge >= 0.3 is 0 Å². The van der Waals surface area contributed by atoms with Gasteiger partial charge in [-0.3, -0.25) is 4.79 Å². The van der Waals surface area contributed by atoms with Crippen LogP contribution in [0.3, 0.4) is 0 Å². The predicted octanol–water partition coefficient (Wildman–Crippen LogP) is 3.47. The van der Waals surface area contributed by atoms with Gasteiger partial charge in [0.25, 0.3) is 5.91 Å². The molecule has 0 radical (unpaired) electrons. The number of carbonyl (C=O) groups is 1. The minimum Gasteiger partial charge on any atom is -0.456 e. The molecule has 1 amide bonds. The molecule has 3 rings (SSSR count). The lowest BCUT2D eigenvalue weighted by Gasteiger charge is -2.24. The SMILES string of the molecule is CCN(CC)S(=O)(=O)c1ccc(N2CCCC2)c(NC(=O)c2ccc(C)o2)c1. The summed E-state index contributed by atoms with van der Waals surface area (Å²) in [5.41, 5.74) is 1.31. The fraction of sp³-hybridized carbons (Fsp3) is 0.450. The normalized spacial score (nSPS) is 14.6. The Morgan fingerprint density at radius 3 is 2.39 bits per heavy atom. The lowest BCUT2D eigenvalue weighted by atomic mass is 10.2. The molecular weight excluding hydrogens is 378 g/mol. The van der Waals surface area contributed by atoms with Gasteiger partial charge in [-0.05, 0) is 50.1 Å². The number of hydrogen-bond donors (Lipinski definition) is 1. The van der Waals surface area contributed by atoms with E-state index in [4.69, 9.17) is 4.42 Å². The van der Waals surface area contributed by atoms with Crippen LogP contribution in [-0.4, -0.2) is 44.8 Å². The first-order valence-corrected chi connectivity index (χ1v) is 11.1. The van der Waals surface area contributed by atoms with Crippen molar-refractivity contribution >= 4 is 27.3 Å². The Kier molecular flexibility index (Phi) is 6.10. The molecule has 1 fully saturated rings. The number of nitrogens with one attached hydrogen (secondary N) is 1. The Hall–Kier alpha value is -2.32. The van der Waals surface area contributed by atoms with Crippen molar-refractivity contribution in [3.8, 4) is 0 Å². The van der Waals surface area contributed by atoms with Gasteiger partial charge < -0.3 is 14.6 Å². The summed E-state index contributed by atoms with van der Waals surface area (Å²) in [6, 6.07) is 8.28. The smallest absolute Gasteiger partial charge is 0.291 e. The van der Waals surface area contributed by atoms with Gasteiger partial charge in [-0.1, -0.05) is 13.8 Å². The van der Waals surface area contributed by atoms with Crippen molar-refractivity contribution in [1.82, 2.24) is 4.31 Å². The van der Waals surface area contributed by atoms with E-state index in [9.17, 15) is 13.2 Å². The average Bonchev–Trinajstić information content (AvgIpc) is 3.34. The summed E-state index contributed by atoms with van der Waals surface area (Å²) >= 11 is 0. The fourth-order valence-electron chi connectivity index (χ4n) is 3.46. The molecule has 8 heteroatoms. The molecule has 1 aliphatic rings. The maximum absolute atomic E-state index is 12.9. The van der Waals surface area contributed by atoms with Crippen molar-refractivity contribution < 1.29 is 17.6 Å². The first-order valence-electron chi connectivity index (χ1n) is 9.63. The number of sulfonamides is 1. The molecule has 2 aromatic rings. The first-order chi connectivity index (χ1) is 13.4. The van der Waals surface area contributed by atoms with Crippen LogP contribution in [0.4, 0.5) is 11.4 Å². The van der Waals surface area contributed by atoms with E-state index in [1.54, 1.807) is 37.3 Å². The second-order valence-corrected chi connectivity index (χ2v) is 8.76. The molecule has 0 spiro atoms. The zero-order valence-corrected chi connectivity index (χ0v) is 17.4. The lowest BCUT2D eigenvalue weighted by Crippen LogP contribution is -2.31. The second kappa shape index (κ2) is 8.36. The summed E-state index contributed by atoms with van der Waals surface area (Å²) in [6.45, 7) is 7.92. The highest BCUT2D eigenvalue weighted by molar-refractivity contribution is 7.89. The third-order valence-corrected chi connectivity index (χ3v) is 7.02. The molecule has 152 valence electrons. The number of anilines is 2. The van der Waals surface area contributed by atoms with E-state index in [0.29, 0.717) is 24.5 Å². The quantitative estimate of drug-likeness (QED) is 0.763. The average molecular weight is 406 g/mol. The minimum atomic E-state index is -3.62. The molecule has 0 aliphatic carbocycles. The highest BCUT2D eigenvalue weighted by atomic mass is 32.2. The monoisotopic (exact) mass is 405 g/mol. The molecule has 28 heavy (non-hydrogen) atoms. The summed E-state index contributed by atoms with van der Waals surface area (Å²) in [4.78, 5) is 15.0. The Morgan fingerprint density at radius 2 is 1.82 bits per heavy atom. The second-order valence-electron chi connectivity index (χ2n) is 6.83. The minimum absolute atomic E-state index is 0.171. The number of rotatable bonds is 7. The van der Waals surface area contributed by atoms with Gasteiger partial charge in [0.1, 0.15) is 5.76 Å². The molecule has 7 nitrogen and oxygen atoms in total. The van der Waals surface area contributed by atoms with Crippen LogP contribution in [0.2, 0.25) is 0 Å². The summed E-state index contributed by atoms with van der Waals surface area (Å²) in [6.07, 6.45) is 2.15. The Morgan fingerprint density at radius 1 is 1.14 bits per heavy atom. The Labute approximate surface area is 166 Å². The van der Waals surface area contributed by atoms with Gasteiger partial charge in [0.15, 0.2) is 5.76 Å². The number of amides is 1. The highest BCUT2D eigenvalue weighted by Crippen LogP contribution is 2.32. The molecule has 1 aromatic carbocycles. The van der Waals surface area contributed by atoms with Gasteiger partial charge in [-0.25, -0.2) is 8.42 Å². The van der Waals surface area contributed by atoms with Gasteiger partial charge in [0.05, 0.1) is 16.3 Å². The number of furan rings is 1. The van der Waals surface area contributed by atoms with Crippen LogP contribution in [0.5, 0.6) is 0 Å². The van der Waals surface area contributed by atoms with Crippen LogP contribution in [0, 0.1) is 6.92 Å². The topological polar surface area (TPSA) is 82.9 Å². The molecule has 0 bridgehead atoms. The lowest BCUT2D eigenvalue weighted by molar-refractivity contribution is 0.0995. The number of benzene rings is 1. The van der Waals surface area contributed by atoms with E-state index in [1.807, 2.05) is 13.8 Å². The van der Waals surface area contributed by atoms with E-state index in [0.717, 1.165) is 31.6 Å². The van der Waals surface area contributed by atoms with Crippen molar-refractivity contribution in [3.05, 3.63) is 41.9 Å². The first kappa shape index (κ1) is 20.4. The van der Waals surface area contributed by atoms with Crippen LogP contribution in [0.1, 0.15) is 43.0 Å². The van der Waals surface area contributed by atoms with E-state index in [-0.39, 0.29) is 10.7 Å². The van der Waals surface area contributed by atoms with Crippen molar-refractivity contribution in [2.45, 2.75) is 38.5 Å². The van der Waals surface area contributed by atoms with Gasteiger partial charge in [0, 0.05) is 26.2 Å². The molecule has 1 saturated heterocycles. The Balaban J connectivity index is 1.99. The largest absolute Gasteiger partial charge is 0.456 e. The van der Waals surface area contributed by atoms with Crippen LogP contribution in [0.15, 0.2) is 39.6 Å². The maximum atomic E-state index is 12.9. The van der Waals surface area contributed by atoms with Crippen molar-refractivity contribution in [2.75, 3.05) is 36.4 Å². The number of carbonyl (C=O) groups excluding carboxylic acids is 1. The van der Waals surface area contributed by atoms with E-state index in [2.05, 4.69) is 10.2 Å². The number of nitrogens with zero attached hydrogens (tertiary/aromatic N) is 2. The van der Waals surface area contributed by atoms with Crippen LogP contribution in [0.25, 0.3) is 0 Å². The predicted molar refractivity (Wildman–Crippen MR) is 109 cm³/mol. The Bertz CT molecular complexity index is 942. The van der Waals surface area contributed by atoms with Gasteiger partial charge in [-0.2, -0.15) is 4.31 Å². The third-order valence-electron chi connectivity index (χ3n) is 4.97. The van der Waals surface area contributed by atoms with E-state index < -0.39 is 15.9 Å². The number of aryl methyl sites for hydroxylation is 1. The summed E-state index contributed by atoms with van der Waals surface area (Å²) in [5.74, 6) is 0.440. The molecule has 0 atom stereocenters. The molecule has 1 aliphatic heterocycles. The molecule has 2 heterocycles. The molecule has 0 unspecified atom stereocenters. The van der Waals surface area contributed by atoms with Crippen molar-refractivity contribution in [2.24, 2.45) is 0 Å². The molecule has 0 saturated carbocycles. The van der Waals surface area contributed by atoms with E-state index >= 15 is 0 Å². The molecule has 1 N–H and O–H groups in total. The summed E-state index contributed by atoms with van der Waals surface area (Å²) < 4.78 is 32.6. The standard InChI is InChI=1S/C20H27N3O4S/c1-4-23(5-2)28(25,26)16-9-10-18(22-12-6-7-13-22)17(14-16)21-20(24)19-11-8-15(3)27-19/h8-11,14H,4-7,12-13H2,1-3H3,(H,21,24). The number of hydrogen-bond acceptors (Lipinski definition) is 5. The third kappa shape index (κ3) is 4.07. The maximum Gasteiger partial charge on any atom is 0.291 e. The fourth-order valence-corrected chi connectivity index (χ4v) is 4.95. The van der Waals surface area contributed by atoms with Crippen molar-refractivity contribution in [3.63, 3.8) is 0 Å². The summed E-state index contributed by atoms with van der Waals surface area (Å²) in [7, 11) is -3.62. The molecular formula is C20H27N3O4S. The van der Waals surface area contributed by atoms with Crippen LogP contribution < -0.4 is 10.2 Å². The van der Waals surface area contributed by atoms with Crippen LogP contribution >= 0.6 is 0 Å². The summed E-state index contributed by atoms with van der Waals surface area (Å²) in [5, 5.41) is 2.85.